The van der Waals surface area contributed by atoms with Gasteiger partial charge in [0.05, 0.1) is 19.3 Å². The lowest BCUT2D eigenvalue weighted by Crippen LogP contribution is -2.53. The van der Waals surface area contributed by atoms with Gasteiger partial charge in [0.25, 0.3) is 5.91 Å². The Bertz CT molecular complexity index is 785. The van der Waals surface area contributed by atoms with E-state index in [0.29, 0.717) is 43.3 Å². The maximum Gasteiger partial charge on any atom is 0.253 e. The molecule has 2 amide bonds. The number of ether oxygens (including phenoxy) is 1. The minimum absolute atomic E-state index is 0.0221. The number of β-amino-alcohol motifs (C(OH)–C–C–N with tert-alkyl or cyclic N) is 1. The van der Waals surface area contributed by atoms with Crippen LogP contribution in [-0.2, 0) is 4.79 Å². The summed E-state index contributed by atoms with van der Waals surface area (Å²) in [6.45, 7) is 5.77. The molecule has 0 bridgehead atoms. The van der Waals surface area contributed by atoms with Gasteiger partial charge in [0.2, 0.25) is 5.91 Å². The molecule has 0 aromatic heterocycles. The summed E-state index contributed by atoms with van der Waals surface area (Å²) in [7, 11) is 1.60. The molecule has 1 N–H and O–H groups in total. The summed E-state index contributed by atoms with van der Waals surface area (Å²) in [5, 5.41) is 10.3. The van der Waals surface area contributed by atoms with Crippen LogP contribution in [0.2, 0.25) is 0 Å². The first-order chi connectivity index (χ1) is 15.0. The number of aliphatic hydroxyl groups excluding tert-OH is 1. The summed E-state index contributed by atoms with van der Waals surface area (Å²) in [5.74, 6) is 1.56. The number of aliphatic hydroxyl groups is 1. The molecule has 3 aliphatic rings. The Kier molecular flexibility index (Phi) is 6.82. The Morgan fingerprint density at radius 3 is 2.39 bits per heavy atom. The van der Waals surface area contributed by atoms with Gasteiger partial charge < -0.3 is 19.6 Å². The van der Waals surface area contributed by atoms with Crippen LogP contribution in [0.4, 0.5) is 0 Å². The van der Waals surface area contributed by atoms with Crippen LogP contribution in [0.25, 0.3) is 0 Å². The second-order valence-corrected chi connectivity index (χ2v) is 9.37. The molecule has 3 aliphatic heterocycles. The van der Waals surface area contributed by atoms with E-state index in [0.717, 1.165) is 38.8 Å². The minimum atomic E-state index is -0.450. The summed E-state index contributed by atoms with van der Waals surface area (Å²) in [5.41, 5.74) is 0.641. The van der Waals surface area contributed by atoms with Crippen molar-refractivity contribution in [2.45, 2.75) is 57.2 Å². The molecule has 0 unspecified atom stereocenters. The molecule has 0 radical (unpaired) electrons. The highest BCUT2D eigenvalue weighted by atomic mass is 16.5. The molecule has 2 atom stereocenters. The molecule has 0 aliphatic carbocycles. The van der Waals surface area contributed by atoms with Crippen molar-refractivity contribution in [3.05, 3.63) is 29.8 Å². The lowest BCUT2D eigenvalue weighted by molar-refractivity contribution is -0.138. The lowest BCUT2D eigenvalue weighted by Gasteiger charge is -2.40. The van der Waals surface area contributed by atoms with E-state index in [9.17, 15) is 14.7 Å². The number of methoxy groups -OCH3 is 1. The van der Waals surface area contributed by atoms with Crippen LogP contribution in [0.1, 0.15) is 49.4 Å². The van der Waals surface area contributed by atoms with E-state index in [1.807, 2.05) is 28.0 Å². The van der Waals surface area contributed by atoms with Crippen molar-refractivity contribution in [1.82, 2.24) is 14.7 Å². The fourth-order valence-electron chi connectivity index (χ4n) is 5.26. The van der Waals surface area contributed by atoms with E-state index >= 15 is 0 Å². The Hall–Kier alpha value is -2.12. The number of carbonyl (C=O) groups is 2. The number of benzene rings is 1. The van der Waals surface area contributed by atoms with Gasteiger partial charge in [0.1, 0.15) is 5.75 Å². The van der Waals surface area contributed by atoms with Crippen LogP contribution in [0.5, 0.6) is 5.75 Å². The normalized spacial score (nSPS) is 26.3. The Balaban J connectivity index is 1.36. The van der Waals surface area contributed by atoms with E-state index in [2.05, 4.69) is 11.8 Å². The monoisotopic (exact) mass is 429 g/mol. The first-order valence-electron chi connectivity index (χ1n) is 11.6. The van der Waals surface area contributed by atoms with Crippen molar-refractivity contribution in [1.29, 1.82) is 0 Å². The average molecular weight is 430 g/mol. The Morgan fingerprint density at radius 1 is 1.03 bits per heavy atom. The maximum atomic E-state index is 13.2. The van der Waals surface area contributed by atoms with Gasteiger partial charge in [0.15, 0.2) is 0 Å². The van der Waals surface area contributed by atoms with Crippen LogP contribution >= 0.6 is 0 Å². The van der Waals surface area contributed by atoms with Crippen LogP contribution in [0.3, 0.4) is 0 Å². The summed E-state index contributed by atoms with van der Waals surface area (Å²) in [6, 6.07) is 7.27. The van der Waals surface area contributed by atoms with Crippen molar-refractivity contribution in [3.8, 4) is 5.75 Å². The van der Waals surface area contributed by atoms with Gasteiger partial charge in [-0.2, -0.15) is 0 Å². The van der Waals surface area contributed by atoms with E-state index in [1.165, 1.54) is 0 Å². The quantitative estimate of drug-likeness (QED) is 0.793. The molecule has 31 heavy (non-hydrogen) atoms. The summed E-state index contributed by atoms with van der Waals surface area (Å²) in [6.07, 6.45) is 3.84. The number of hydrogen-bond acceptors (Lipinski definition) is 5. The Labute approximate surface area is 184 Å². The van der Waals surface area contributed by atoms with Crippen LogP contribution in [-0.4, -0.2) is 89.6 Å². The predicted molar refractivity (Wildman–Crippen MR) is 118 cm³/mol. The van der Waals surface area contributed by atoms with E-state index < -0.39 is 6.10 Å². The fraction of sp³-hybridized carbons (Fsp3) is 0.667. The van der Waals surface area contributed by atoms with Crippen molar-refractivity contribution in [2.24, 2.45) is 5.92 Å². The topological polar surface area (TPSA) is 73.3 Å². The molecule has 1 aromatic carbocycles. The highest BCUT2D eigenvalue weighted by molar-refractivity contribution is 5.94. The fourth-order valence-corrected chi connectivity index (χ4v) is 5.26. The number of amides is 2. The molecular weight excluding hydrogens is 394 g/mol. The largest absolute Gasteiger partial charge is 0.497 e. The molecule has 3 fully saturated rings. The third-order valence-corrected chi connectivity index (χ3v) is 7.24. The van der Waals surface area contributed by atoms with E-state index in [1.54, 1.807) is 13.2 Å². The number of likely N-dealkylation sites (tertiary alicyclic amines) is 3. The number of carbonyl (C=O) groups excluding carboxylic acids is 2. The van der Waals surface area contributed by atoms with Gasteiger partial charge in [-0.05, 0) is 56.2 Å². The first kappa shape index (κ1) is 22.1. The number of hydrogen-bond donors (Lipinski definition) is 1. The molecular formula is C24H35N3O4. The van der Waals surface area contributed by atoms with E-state index in [4.69, 9.17) is 4.74 Å². The number of rotatable bonds is 4. The maximum absolute atomic E-state index is 13.2. The van der Waals surface area contributed by atoms with E-state index in [-0.39, 0.29) is 23.9 Å². The molecule has 1 aromatic rings. The first-order valence-corrected chi connectivity index (χ1v) is 11.6. The summed E-state index contributed by atoms with van der Waals surface area (Å²) < 4.78 is 5.24. The summed E-state index contributed by atoms with van der Waals surface area (Å²) in [4.78, 5) is 32.2. The highest BCUT2D eigenvalue weighted by Crippen LogP contribution is 2.29. The van der Waals surface area contributed by atoms with Gasteiger partial charge in [0, 0.05) is 44.3 Å². The molecule has 3 saturated heterocycles. The zero-order valence-electron chi connectivity index (χ0n) is 18.7. The molecule has 3 heterocycles. The minimum Gasteiger partial charge on any atom is -0.497 e. The average Bonchev–Trinajstić information content (AvgIpc) is 3.20. The predicted octanol–water partition coefficient (Wildman–Crippen LogP) is 1.99. The molecule has 4 rings (SSSR count). The van der Waals surface area contributed by atoms with Crippen molar-refractivity contribution in [2.75, 3.05) is 39.8 Å². The zero-order valence-corrected chi connectivity index (χ0v) is 18.7. The molecule has 0 saturated carbocycles. The lowest BCUT2D eigenvalue weighted by atomic mass is 9.97. The van der Waals surface area contributed by atoms with Gasteiger partial charge >= 0.3 is 0 Å². The van der Waals surface area contributed by atoms with Gasteiger partial charge in [-0.3, -0.25) is 14.5 Å². The summed E-state index contributed by atoms with van der Waals surface area (Å²) >= 11 is 0. The van der Waals surface area contributed by atoms with Crippen LogP contribution < -0.4 is 4.74 Å². The standard InChI is InChI=1S/C24H35N3O4/c1-17-6-10-26(11-7-17)24(30)22-15-20(28)16-27(22)19-8-12-25(13-9-19)23(29)18-4-3-5-21(14-18)31-2/h3-5,14,17,19-20,22,28H,6-13,15-16H2,1-2H3/t20-,22+/m1/s1. The molecule has 7 nitrogen and oxygen atoms in total. The third kappa shape index (κ3) is 4.88. The van der Waals surface area contributed by atoms with Gasteiger partial charge in [-0.25, -0.2) is 0 Å². The zero-order chi connectivity index (χ0) is 22.0. The van der Waals surface area contributed by atoms with Gasteiger partial charge in [-0.1, -0.05) is 13.0 Å². The number of piperidine rings is 2. The third-order valence-electron chi connectivity index (χ3n) is 7.24. The van der Waals surface area contributed by atoms with Gasteiger partial charge in [-0.15, -0.1) is 0 Å². The van der Waals surface area contributed by atoms with Crippen LogP contribution in [0, 0.1) is 5.92 Å². The second-order valence-electron chi connectivity index (χ2n) is 9.37. The molecule has 170 valence electrons. The SMILES string of the molecule is COc1cccc(C(=O)N2CCC(N3C[C@H](O)C[C@H]3C(=O)N3CCC(C)CC3)CC2)c1. The number of nitrogens with zero attached hydrogens (tertiary/aromatic N) is 3. The Morgan fingerprint density at radius 2 is 1.71 bits per heavy atom. The van der Waals surface area contributed by atoms with Crippen molar-refractivity contribution >= 4 is 11.8 Å². The second kappa shape index (κ2) is 9.57. The molecule has 0 spiro atoms. The van der Waals surface area contributed by atoms with Crippen molar-refractivity contribution < 1.29 is 19.4 Å². The molecule has 7 heteroatoms. The van der Waals surface area contributed by atoms with Crippen molar-refractivity contribution in [3.63, 3.8) is 0 Å². The smallest absolute Gasteiger partial charge is 0.253 e. The highest BCUT2D eigenvalue weighted by Gasteiger charge is 2.42. The van der Waals surface area contributed by atoms with Crippen LogP contribution in [0.15, 0.2) is 24.3 Å².